The van der Waals surface area contributed by atoms with Crippen molar-refractivity contribution in [3.8, 4) is 5.69 Å². The van der Waals surface area contributed by atoms with Crippen molar-refractivity contribution in [2.45, 2.75) is 19.8 Å². The third kappa shape index (κ3) is 2.84. The normalized spacial score (nSPS) is 10.5. The first kappa shape index (κ1) is 11.6. The summed E-state index contributed by atoms with van der Waals surface area (Å²) < 4.78 is 14.8. The van der Waals surface area contributed by atoms with E-state index < -0.39 is 0 Å². The fourth-order valence-corrected chi connectivity index (χ4v) is 1.64. The van der Waals surface area contributed by atoms with Crippen LogP contribution in [0.5, 0.6) is 0 Å². The van der Waals surface area contributed by atoms with E-state index in [9.17, 15) is 4.39 Å². The molecule has 90 valence electrons. The van der Waals surface area contributed by atoms with Crippen molar-refractivity contribution in [2.75, 3.05) is 11.9 Å². The summed E-state index contributed by atoms with van der Waals surface area (Å²) in [5.41, 5.74) is 0.731. The van der Waals surface area contributed by atoms with Gasteiger partial charge in [-0.05, 0) is 24.6 Å². The summed E-state index contributed by atoms with van der Waals surface area (Å²) in [4.78, 5) is 0. The van der Waals surface area contributed by atoms with Crippen molar-refractivity contribution in [3.05, 3.63) is 42.3 Å². The summed E-state index contributed by atoms with van der Waals surface area (Å²) in [5.74, 6) is 0.640. The average molecular weight is 233 g/mol. The minimum atomic E-state index is -0.252. The van der Waals surface area contributed by atoms with Crippen LogP contribution in [0.2, 0.25) is 0 Å². The zero-order valence-electron chi connectivity index (χ0n) is 9.86. The molecule has 0 saturated carbocycles. The Bertz CT molecular complexity index is 479. The van der Waals surface area contributed by atoms with E-state index in [4.69, 9.17) is 0 Å². The molecule has 3 nitrogen and oxygen atoms in total. The van der Waals surface area contributed by atoms with Crippen LogP contribution < -0.4 is 5.32 Å². The number of benzene rings is 1. The summed E-state index contributed by atoms with van der Waals surface area (Å²) in [5, 5.41) is 7.48. The molecule has 1 heterocycles. The molecule has 4 heteroatoms. The highest BCUT2D eigenvalue weighted by Gasteiger charge is 2.04. The summed E-state index contributed by atoms with van der Waals surface area (Å²) >= 11 is 0. The predicted molar refractivity (Wildman–Crippen MR) is 66.9 cm³/mol. The van der Waals surface area contributed by atoms with Gasteiger partial charge in [0.15, 0.2) is 0 Å². The summed E-state index contributed by atoms with van der Waals surface area (Å²) in [7, 11) is 0. The van der Waals surface area contributed by atoms with E-state index in [0.717, 1.165) is 30.9 Å². The number of hydrogen-bond donors (Lipinski definition) is 1. The number of hydrogen-bond acceptors (Lipinski definition) is 2. The van der Waals surface area contributed by atoms with Crippen LogP contribution in [0.3, 0.4) is 0 Å². The topological polar surface area (TPSA) is 29.9 Å². The van der Waals surface area contributed by atoms with Crippen molar-refractivity contribution in [1.29, 1.82) is 0 Å². The first-order valence-electron chi connectivity index (χ1n) is 5.85. The number of rotatable bonds is 5. The summed E-state index contributed by atoms with van der Waals surface area (Å²) in [6.07, 6.45) is 3.95. The van der Waals surface area contributed by atoms with Gasteiger partial charge in [0.05, 0.1) is 11.9 Å². The highest BCUT2D eigenvalue weighted by atomic mass is 19.1. The molecule has 0 atom stereocenters. The third-order valence-corrected chi connectivity index (χ3v) is 2.53. The molecule has 1 aromatic heterocycles. The molecule has 2 aromatic rings. The Labute approximate surface area is 100 Å². The first-order valence-corrected chi connectivity index (χ1v) is 5.85. The third-order valence-electron chi connectivity index (χ3n) is 2.53. The van der Waals surface area contributed by atoms with Gasteiger partial charge < -0.3 is 5.32 Å². The summed E-state index contributed by atoms with van der Waals surface area (Å²) in [6, 6.07) is 8.30. The van der Waals surface area contributed by atoms with Crippen LogP contribution >= 0.6 is 0 Å². The molecule has 17 heavy (non-hydrogen) atoms. The van der Waals surface area contributed by atoms with Crippen molar-refractivity contribution in [3.63, 3.8) is 0 Å². The van der Waals surface area contributed by atoms with E-state index in [-0.39, 0.29) is 5.82 Å². The van der Waals surface area contributed by atoms with Gasteiger partial charge in [-0.1, -0.05) is 19.4 Å². The Hall–Kier alpha value is -1.84. The lowest BCUT2D eigenvalue weighted by molar-refractivity contribution is 0.625. The Morgan fingerprint density at radius 2 is 2.24 bits per heavy atom. The Kier molecular flexibility index (Phi) is 3.75. The highest BCUT2D eigenvalue weighted by molar-refractivity contribution is 5.44. The zero-order valence-corrected chi connectivity index (χ0v) is 9.86. The van der Waals surface area contributed by atoms with Gasteiger partial charge in [0.1, 0.15) is 11.6 Å². The lowest BCUT2D eigenvalue weighted by Gasteiger charge is -2.09. The van der Waals surface area contributed by atoms with Crippen LogP contribution in [0.25, 0.3) is 5.69 Å². The molecule has 0 fully saturated rings. The number of anilines is 1. The van der Waals surface area contributed by atoms with Crippen LogP contribution in [0.15, 0.2) is 36.5 Å². The number of halogens is 1. The highest BCUT2D eigenvalue weighted by Crippen LogP contribution is 2.15. The van der Waals surface area contributed by atoms with Crippen LogP contribution in [-0.2, 0) is 0 Å². The second kappa shape index (κ2) is 5.48. The van der Waals surface area contributed by atoms with Crippen LogP contribution in [0, 0.1) is 5.82 Å². The van der Waals surface area contributed by atoms with Crippen molar-refractivity contribution in [1.82, 2.24) is 9.78 Å². The van der Waals surface area contributed by atoms with Gasteiger partial charge in [0.25, 0.3) is 0 Å². The molecule has 0 saturated heterocycles. The fourth-order valence-electron chi connectivity index (χ4n) is 1.64. The maximum atomic E-state index is 13.1. The van der Waals surface area contributed by atoms with Gasteiger partial charge in [0.2, 0.25) is 0 Å². The molecule has 0 bridgehead atoms. The minimum absolute atomic E-state index is 0.252. The standard InChI is InChI=1S/C13H16FN3/c1-2-3-8-15-13-7-9-16-17(13)12-6-4-5-11(14)10-12/h4-7,9-10,15H,2-3,8H2,1H3. The van der Waals surface area contributed by atoms with Crippen molar-refractivity contribution >= 4 is 5.82 Å². The number of nitrogens with one attached hydrogen (secondary N) is 1. The van der Waals surface area contributed by atoms with Crippen LogP contribution in [-0.4, -0.2) is 16.3 Å². The lowest BCUT2D eigenvalue weighted by Crippen LogP contribution is -2.07. The van der Waals surface area contributed by atoms with Gasteiger partial charge in [0, 0.05) is 12.6 Å². The Balaban J connectivity index is 2.18. The van der Waals surface area contributed by atoms with Gasteiger partial charge in [-0.15, -0.1) is 0 Å². The van der Waals surface area contributed by atoms with Crippen LogP contribution in [0.1, 0.15) is 19.8 Å². The number of aromatic nitrogens is 2. The molecule has 0 aliphatic carbocycles. The number of unbranched alkanes of at least 4 members (excludes halogenated alkanes) is 1. The molecular formula is C13H16FN3. The van der Waals surface area contributed by atoms with E-state index in [1.54, 1.807) is 16.9 Å². The van der Waals surface area contributed by atoms with Gasteiger partial charge in [-0.2, -0.15) is 5.10 Å². The molecule has 0 unspecified atom stereocenters. The predicted octanol–water partition coefficient (Wildman–Crippen LogP) is 3.22. The molecule has 0 aliphatic heterocycles. The monoisotopic (exact) mass is 233 g/mol. The Morgan fingerprint density at radius 1 is 1.35 bits per heavy atom. The number of nitrogens with zero attached hydrogens (tertiary/aromatic N) is 2. The molecule has 1 aromatic carbocycles. The van der Waals surface area contributed by atoms with E-state index in [1.807, 2.05) is 12.1 Å². The summed E-state index contributed by atoms with van der Waals surface area (Å²) in [6.45, 7) is 3.04. The van der Waals surface area contributed by atoms with Crippen LogP contribution in [0.4, 0.5) is 10.2 Å². The molecule has 1 N–H and O–H groups in total. The van der Waals surface area contributed by atoms with Crippen molar-refractivity contribution in [2.24, 2.45) is 0 Å². The molecule has 0 radical (unpaired) electrons. The Morgan fingerprint density at radius 3 is 3.00 bits per heavy atom. The van der Waals surface area contributed by atoms with E-state index >= 15 is 0 Å². The average Bonchev–Trinajstić information content (AvgIpc) is 2.78. The minimum Gasteiger partial charge on any atom is -0.370 e. The first-order chi connectivity index (χ1) is 8.31. The molecular weight excluding hydrogens is 217 g/mol. The second-order valence-corrected chi connectivity index (χ2v) is 3.89. The van der Waals surface area contributed by atoms with Gasteiger partial charge in [-0.3, -0.25) is 0 Å². The van der Waals surface area contributed by atoms with Crippen molar-refractivity contribution < 1.29 is 4.39 Å². The lowest BCUT2D eigenvalue weighted by atomic mass is 10.3. The second-order valence-electron chi connectivity index (χ2n) is 3.89. The SMILES string of the molecule is CCCCNc1ccnn1-c1cccc(F)c1. The fraction of sp³-hybridized carbons (Fsp3) is 0.308. The quantitative estimate of drug-likeness (QED) is 0.803. The maximum Gasteiger partial charge on any atom is 0.129 e. The zero-order chi connectivity index (χ0) is 12.1. The van der Waals surface area contributed by atoms with Gasteiger partial charge in [-0.25, -0.2) is 9.07 Å². The molecule has 2 rings (SSSR count). The smallest absolute Gasteiger partial charge is 0.129 e. The molecule has 0 spiro atoms. The van der Waals surface area contributed by atoms with E-state index in [1.165, 1.54) is 12.1 Å². The molecule has 0 amide bonds. The van der Waals surface area contributed by atoms with E-state index in [0.29, 0.717) is 0 Å². The largest absolute Gasteiger partial charge is 0.370 e. The molecule has 0 aliphatic rings. The van der Waals surface area contributed by atoms with E-state index in [2.05, 4.69) is 17.3 Å². The maximum absolute atomic E-state index is 13.1. The van der Waals surface area contributed by atoms with Gasteiger partial charge >= 0.3 is 0 Å².